The second-order valence-corrected chi connectivity index (χ2v) is 6.05. The van der Waals surface area contributed by atoms with Crippen molar-refractivity contribution in [2.75, 3.05) is 18.4 Å². The molecule has 0 saturated carbocycles. The lowest BCUT2D eigenvalue weighted by Crippen LogP contribution is -2.35. The molecule has 1 aliphatic heterocycles. The Kier molecular flexibility index (Phi) is 5.12. The molecule has 1 saturated heterocycles. The van der Waals surface area contributed by atoms with Gasteiger partial charge < -0.3 is 10.2 Å². The molecule has 1 heterocycles. The molecule has 2 rings (SSSR count). The Hall–Kier alpha value is -0.490. The van der Waals surface area contributed by atoms with Gasteiger partial charge in [-0.05, 0) is 53.6 Å². The maximum absolute atomic E-state index is 12.1. The number of urea groups is 1. The first kappa shape index (κ1) is 13.9. The standard InChI is InChI=1S/C13H16ClIN2O/c14-10-5-6-12(11(15)9-10)16-13(18)17-7-3-1-2-4-8-17/h5-6,9H,1-4,7-8H2,(H,16,18). The van der Waals surface area contributed by atoms with Gasteiger partial charge in [-0.25, -0.2) is 4.79 Å². The Morgan fingerprint density at radius 3 is 2.50 bits per heavy atom. The molecular weight excluding hydrogens is 363 g/mol. The Morgan fingerprint density at radius 1 is 1.22 bits per heavy atom. The first-order valence-corrected chi connectivity index (χ1v) is 7.63. The average molecular weight is 379 g/mol. The van der Waals surface area contributed by atoms with Crippen LogP contribution in [0.5, 0.6) is 0 Å². The van der Waals surface area contributed by atoms with Crippen molar-refractivity contribution in [2.24, 2.45) is 0 Å². The summed E-state index contributed by atoms with van der Waals surface area (Å²) in [6.45, 7) is 1.71. The Balaban J connectivity index is 2.01. The van der Waals surface area contributed by atoms with Gasteiger partial charge in [-0.3, -0.25) is 0 Å². The second kappa shape index (κ2) is 6.61. The highest BCUT2D eigenvalue weighted by molar-refractivity contribution is 14.1. The third kappa shape index (κ3) is 3.75. The van der Waals surface area contributed by atoms with Gasteiger partial charge in [0.2, 0.25) is 0 Å². The normalized spacial score (nSPS) is 16.2. The number of hydrogen-bond donors (Lipinski definition) is 1. The number of hydrogen-bond acceptors (Lipinski definition) is 1. The van der Waals surface area contributed by atoms with E-state index in [1.54, 1.807) is 6.07 Å². The van der Waals surface area contributed by atoms with E-state index in [1.165, 1.54) is 12.8 Å². The highest BCUT2D eigenvalue weighted by atomic mass is 127. The SMILES string of the molecule is O=C(Nc1ccc(Cl)cc1I)N1CCCCCC1. The lowest BCUT2D eigenvalue weighted by atomic mass is 10.2. The van der Waals surface area contributed by atoms with Crippen molar-refractivity contribution in [3.63, 3.8) is 0 Å². The molecule has 0 bridgehead atoms. The predicted octanol–water partition coefficient (Wildman–Crippen LogP) is 4.35. The minimum absolute atomic E-state index is 0.00265. The van der Waals surface area contributed by atoms with Crippen LogP contribution < -0.4 is 5.32 Å². The first-order valence-electron chi connectivity index (χ1n) is 6.18. The first-order chi connectivity index (χ1) is 8.66. The van der Waals surface area contributed by atoms with E-state index in [1.807, 2.05) is 17.0 Å². The van der Waals surface area contributed by atoms with E-state index in [0.29, 0.717) is 5.02 Å². The van der Waals surface area contributed by atoms with Crippen molar-refractivity contribution in [3.05, 3.63) is 26.8 Å². The van der Waals surface area contributed by atoms with Gasteiger partial charge in [-0.1, -0.05) is 24.4 Å². The zero-order valence-corrected chi connectivity index (χ0v) is 13.0. The summed E-state index contributed by atoms with van der Waals surface area (Å²) in [4.78, 5) is 14.0. The number of rotatable bonds is 1. The molecule has 98 valence electrons. The fourth-order valence-electron chi connectivity index (χ4n) is 2.06. The quantitative estimate of drug-likeness (QED) is 0.724. The number of anilines is 1. The summed E-state index contributed by atoms with van der Waals surface area (Å²) in [5.74, 6) is 0. The van der Waals surface area contributed by atoms with E-state index in [4.69, 9.17) is 11.6 Å². The van der Waals surface area contributed by atoms with E-state index in [9.17, 15) is 4.79 Å². The third-order valence-electron chi connectivity index (χ3n) is 3.07. The number of halogens is 2. The number of nitrogens with one attached hydrogen (secondary N) is 1. The molecule has 0 radical (unpaired) electrons. The van der Waals surface area contributed by atoms with Crippen LogP contribution in [0.4, 0.5) is 10.5 Å². The molecule has 0 aromatic heterocycles. The van der Waals surface area contributed by atoms with Gasteiger partial charge in [0.15, 0.2) is 0 Å². The monoisotopic (exact) mass is 378 g/mol. The van der Waals surface area contributed by atoms with Crippen LogP contribution in [0.25, 0.3) is 0 Å². The molecular formula is C13H16ClIN2O. The summed E-state index contributed by atoms with van der Waals surface area (Å²) < 4.78 is 0.961. The van der Waals surface area contributed by atoms with E-state index >= 15 is 0 Å². The van der Waals surface area contributed by atoms with Crippen LogP contribution in [0.1, 0.15) is 25.7 Å². The summed E-state index contributed by atoms with van der Waals surface area (Å²) in [5, 5.41) is 3.64. The number of likely N-dealkylation sites (tertiary alicyclic amines) is 1. The van der Waals surface area contributed by atoms with Crippen LogP contribution in [0.2, 0.25) is 5.02 Å². The van der Waals surface area contributed by atoms with E-state index in [0.717, 1.165) is 35.2 Å². The highest BCUT2D eigenvalue weighted by Gasteiger charge is 2.16. The maximum Gasteiger partial charge on any atom is 0.321 e. The van der Waals surface area contributed by atoms with Crippen molar-refractivity contribution in [3.8, 4) is 0 Å². The number of amides is 2. The molecule has 0 unspecified atom stereocenters. The molecule has 0 atom stereocenters. The zero-order chi connectivity index (χ0) is 13.0. The Bertz CT molecular complexity index is 431. The van der Waals surface area contributed by atoms with Crippen molar-refractivity contribution in [1.29, 1.82) is 0 Å². The van der Waals surface area contributed by atoms with Gasteiger partial charge >= 0.3 is 6.03 Å². The van der Waals surface area contributed by atoms with Crippen LogP contribution in [-0.2, 0) is 0 Å². The van der Waals surface area contributed by atoms with E-state index in [2.05, 4.69) is 27.9 Å². The van der Waals surface area contributed by atoms with Gasteiger partial charge in [0.1, 0.15) is 0 Å². The van der Waals surface area contributed by atoms with Crippen molar-refractivity contribution < 1.29 is 4.79 Å². The molecule has 5 heteroatoms. The fourth-order valence-corrected chi connectivity index (χ4v) is 3.07. The van der Waals surface area contributed by atoms with Crippen LogP contribution in [0.15, 0.2) is 18.2 Å². The molecule has 1 N–H and O–H groups in total. The summed E-state index contributed by atoms with van der Waals surface area (Å²) in [7, 11) is 0. The molecule has 1 aromatic carbocycles. The maximum atomic E-state index is 12.1. The van der Waals surface area contributed by atoms with Crippen LogP contribution in [0.3, 0.4) is 0 Å². The minimum atomic E-state index is -0.00265. The van der Waals surface area contributed by atoms with Crippen molar-refractivity contribution in [2.45, 2.75) is 25.7 Å². The number of carbonyl (C=O) groups is 1. The van der Waals surface area contributed by atoms with E-state index < -0.39 is 0 Å². The third-order valence-corrected chi connectivity index (χ3v) is 4.19. The number of nitrogens with zero attached hydrogens (tertiary/aromatic N) is 1. The number of benzene rings is 1. The lowest BCUT2D eigenvalue weighted by molar-refractivity contribution is 0.214. The minimum Gasteiger partial charge on any atom is -0.325 e. The topological polar surface area (TPSA) is 32.3 Å². The summed E-state index contributed by atoms with van der Waals surface area (Å²) in [6.07, 6.45) is 4.65. The van der Waals surface area contributed by atoms with Gasteiger partial charge in [0.25, 0.3) is 0 Å². The summed E-state index contributed by atoms with van der Waals surface area (Å²) in [5.41, 5.74) is 0.828. The molecule has 1 aromatic rings. The summed E-state index contributed by atoms with van der Waals surface area (Å²) in [6, 6.07) is 5.49. The molecule has 1 aliphatic rings. The number of carbonyl (C=O) groups excluding carboxylic acids is 1. The van der Waals surface area contributed by atoms with Crippen molar-refractivity contribution in [1.82, 2.24) is 4.90 Å². The highest BCUT2D eigenvalue weighted by Crippen LogP contribution is 2.23. The van der Waals surface area contributed by atoms with Crippen LogP contribution >= 0.6 is 34.2 Å². The molecule has 1 fully saturated rings. The van der Waals surface area contributed by atoms with Crippen LogP contribution in [-0.4, -0.2) is 24.0 Å². The van der Waals surface area contributed by atoms with Gasteiger partial charge in [0.05, 0.1) is 5.69 Å². The van der Waals surface area contributed by atoms with Crippen LogP contribution in [0, 0.1) is 3.57 Å². The summed E-state index contributed by atoms with van der Waals surface area (Å²) >= 11 is 8.08. The van der Waals surface area contributed by atoms with Gasteiger partial charge in [0, 0.05) is 21.7 Å². The fraction of sp³-hybridized carbons (Fsp3) is 0.462. The lowest BCUT2D eigenvalue weighted by Gasteiger charge is -2.21. The van der Waals surface area contributed by atoms with E-state index in [-0.39, 0.29) is 6.03 Å². The molecule has 0 aliphatic carbocycles. The molecule has 2 amide bonds. The Labute approximate surface area is 126 Å². The largest absolute Gasteiger partial charge is 0.325 e. The second-order valence-electron chi connectivity index (χ2n) is 4.46. The molecule has 0 spiro atoms. The predicted molar refractivity (Wildman–Crippen MR) is 83.2 cm³/mol. The smallest absolute Gasteiger partial charge is 0.321 e. The zero-order valence-electron chi connectivity index (χ0n) is 10.1. The van der Waals surface area contributed by atoms with Crippen molar-refractivity contribution >= 4 is 45.9 Å². The molecule has 18 heavy (non-hydrogen) atoms. The van der Waals surface area contributed by atoms with Gasteiger partial charge in [-0.2, -0.15) is 0 Å². The van der Waals surface area contributed by atoms with Gasteiger partial charge in [-0.15, -0.1) is 0 Å². The Morgan fingerprint density at radius 2 is 1.89 bits per heavy atom. The molecule has 3 nitrogen and oxygen atoms in total. The average Bonchev–Trinajstić information content (AvgIpc) is 2.61.